The molecule has 1 amide bonds. The van der Waals surface area contributed by atoms with Crippen LogP contribution in [0.2, 0.25) is 0 Å². The molecule has 1 unspecified atom stereocenters. The van der Waals surface area contributed by atoms with Crippen LogP contribution in [0, 0.1) is 12.7 Å². The Morgan fingerprint density at radius 1 is 1.50 bits per heavy atom. The highest BCUT2D eigenvalue weighted by molar-refractivity contribution is 7.21. The minimum atomic E-state index is -0.259. The zero-order valence-corrected chi connectivity index (χ0v) is 12.4. The lowest BCUT2D eigenvalue weighted by Gasteiger charge is -2.23. The van der Waals surface area contributed by atoms with E-state index >= 15 is 0 Å². The van der Waals surface area contributed by atoms with E-state index in [9.17, 15) is 9.18 Å². The van der Waals surface area contributed by atoms with Crippen molar-refractivity contribution in [2.75, 3.05) is 20.1 Å². The lowest BCUT2D eigenvalue weighted by atomic mass is 10.1. The first kappa shape index (κ1) is 13.5. The van der Waals surface area contributed by atoms with Crippen molar-refractivity contribution in [3.63, 3.8) is 0 Å². The predicted octanol–water partition coefficient (Wildman–Crippen LogP) is 2.78. The number of nitrogens with one attached hydrogen (secondary N) is 1. The number of amides is 1. The van der Waals surface area contributed by atoms with Gasteiger partial charge in [-0.05, 0) is 49.0 Å². The molecule has 20 heavy (non-hydrogen) atoms. The second-order valence-electron chi connectivity index (χ2n) is 5.26. The van der Waals surface area contributed by atoms with E-state index in [1.54, 1.807) is 6.07 Å². The maximum absolute atomic E-state index is 13.3. The van der Waals surface area contributed by atoms with E-state index in [4.69, 9.17) is 0 Å². The molecule has 1 aromatic heterocycles. The molecule has 1 aromatic carbocycles. The van der Waals surface area contributed by atoms with Crippen LogP contribution in [-0.4, -0.2) is 37.0 Å². The van der Waals surface area contributed by atoms with Crippen LogP contribution in [0.3, 0.4) is 0 Å². The molecule has 3 nitrogen and oxygen atoms in total. The topological polar surface area (TPSA) is 32.3 Å². The van der Waals surface area contributed by atoms with Crippen molar-refractivity contribution >= 4 is 27.3 Å². The molecule has 1 aliphatic rings. The molecule has 5 heteroatoms. The molecule has 1 aliphatic heterocycles. The number of rotatable bonds is 2. The highest BCUT2D eigenvalue weighted by Crippen LogP contribution is 2.32. The molecule has 1 fully saturated rings. The largest absolute Gasteiger partial charge is 0.337 e. The normalized spacial score (nSPS) is 18.6. The summed E-state index contributed by atoms with van der Waals surface area (Å²) in [6, 6.07) is 4.95. The van der Waals surface area contributed by atoms with Gasteiger partial charge in [0.15, 0.2) is 0 Å². The summed E-state index contributed by atoms with van der Waals surface area (Å²) in [5.41, 5.74) is 0.882. The number of benzene rings is 1. The van der Waals surface area contributed by atoms with Gasteiger partial charge in [0.05, 0.1) is 4.88 Å². The monoisotopic (exact) mass is 292 g/mol. The average molecular weight is 292 g/mol. The van der Waals surface area contributed by atoms with Crippen LogP contribution in [0.4, 0.5) is 4.39 Å². The van der Waals surface area contributed by atoms with Crippen LogP contribution >= 0.6 is 11.3 Å². The SMILES string of the molecule is Cc1c(C(=O)N(C)C2CCNC2)sc2ccc(F)cc12. The van der Waals surface area contributed by atoms with E-state index < -0.39 is 0 Å². The summed E-state index contributed by atoms with van der Waals surface area (Å²) in [6.45, 7) is 3.70. The highest BCUT2D eigenvalue weighted by atomic mass is 32.1. The van der Waals surface area contributed by atoms with Gasteiger partial charge in [-0.3, -0.25) is 4.79 Å². The second-order valence-corrected chi connectivity index (χ2v) is 6.31. The summed E-state index contributed by atoms with van der Waals surface area (Å²) in [4.78, 5) is 15.2. The Bertz CT molecular complexity index is 661. The van der Waals surface area contributed by atoms with Gasteiger partial charge in [0.25, 0.3) is 5.91 Å². The number of carbonyl (C=O) groups excluding carboxylic acids is 1. The number of hydrogen-bond donors (Lipinski definition) is 1. The summed E-state index contributed by atoms with van der Waals surface area (Å²) < 4.78 is 14.3. The van der Waals surface area contributed by atoms with E-state index in [0.717, 1.165) is 40.0 Å². The summed E-state index contributed by atoms with van der Waals surface area (Å²) in [5, 5.41) is 4.11. The Labute approximate surface area is 121 Å². The molecule has 0 bridgehead atoms. The predicted molar refractivity (Wildman–Crippen MR) is 79.9 cm³/mol. The minimum absolute atomic E-state index is 0.0396. The van der Waals surface area contributed by atoms with Crippen LogP contribution in [0.5, 0.6) is 0 Å². The highest BCUT2D eigenvalue weighted by Gasteiger charge is 2.26. The number of hydrogen-bond acceptors (Lipinski definition) is 3. The van der Waals surface area contributed by atoms with Crippen LogP contribution in [-0.2, 0) is 0 Å². The fourth-order valence-electron chi connectivity index (χ4n) is 2.69. The number of halogens is 1. The van der Waals surface area contributed by atoms with Crippen LogP contribution in [0.15, 0.2) is 18.2 Å². The van der Waals surface area contributed by atoms with E-state index in [-0.39, 0.29) is 17.8 Å². The molecule has 3 rings (SSSR count). The van der Waals surface area contributed by atoms with Gasteiger partial charge >= 0.3 is 0 Å². The van der Waals surface area contributed by atoms with Crippen molar-refractivity contribution in [2.45, 2.75) is 19.4 Å². The number of carbonyl (C=O) groups is 1. The van der Waals surface area contributed by atoms with Gasteiger partial charge in [-0.2, -0.15) is 0 Å². The number of fused-ring (bicyclic) bond motifs is 1. The molecular weight excluding hydrogens is 275 g/mol. The number of likely N-dealkylation sites (N-methyl/N-ethyl adjacent to an activating group) is 1. The molecule has 106 valence electrons. The Morgan fingerprint density at radius 3 is 3.00 bits per heavy atom. The first-order chi connectivity index (χ1) is 9.58. The van der Waals surface area contributed by atoms with Gasteiger partial charge in [-0.25, -0.2) is 4.39 Å². The molecule has 0 spiro atoms. The average Bonchev–Trinajstić information content (AvgIpc) is 3.06. The minimum Gasteiger partial charge on any atom is -0.337 e. The van der Waals surface area contributed by atoms with Crippen molar-refractivity contribution in [3.8, 4) is 0 Å². The van der Waals surface area contributed by atoms with Gasteiger partial charge in [-0.15, -0.1) is 11.3 Å². The second kappa shape index (κ2) is 5.14. The van der Waals surface area contributed by atoms with Crippen molar-refractivity contribution in [1.29, 1.82) is 0 Å². The Kier molecular flexibility index (Phi) is 3.48. The summed E-state index contributed by atoms with van der Waals surface area (Å²) >= 11 is 1.45. The van der Waals surface area contributed by atoms with Crippen molar-refractivity contribution in [3.05, 3.63) is 34.5 Å². The molecule has 1 N–H and O–H groups in total. The summed E-state index contributed by atoms with van der Waals surface area (Å²) in [6.07, 6.45) is 0.987. The van der Waals surface area contributed by atoms with Gasteiger partial charge in [0.1, 0.15) is 5.82 Å². The van der Waals surface area contributed by atoms with Crippen molar-refractivity contribution < 1.29 is 9.18 Å². The van der Waals surface area contributed by atoms with Gasteiger partial charge < -0.3 is 10.2 Å². The zero-order chi connectivity index (χ0) is 14.3. The Balaban J connectivity index is 1.96. The third-order valence-electron chi connectivity index (χ3n) is 3.99. The third-order valence-corrected chi connectivity index (χ3v) is 5.26. The Hall–Kier alpha value is -1.46. The van der Waals surface area contributed by atoms with Crippen LogP contribution < -0.4 is 5.32 Å². The quantitative estimate of drug-likeness (QED) is 0.923. The molecular formula is C15H17FN2OS. The maximum atomic E-state index is 13.3. The fourth-order valence-corrected chi connectivity index (χ4v) is 3.87. The standard InChI is InChI=1S/C15H17FN2OS/c1-9-12-7-10(16)3-4-13(12)20-14(9)15(19)18(2)11-5-6-17-8-11/h3-4,7,11,17H,5-6,8H2,1-2H3. The number of thiophene rings is 1. The molecule has 0 aliphatic carbocycles. The van der Waals surface area contributed by atoms with Crippen molar-refractivity contribution in [2.24, 2.45) is 0 Å². The van der Waals surface area contributed by atoms with E-state index in [1.807, 2.05) is 18.9 Å². The molecule has 0 saturated carbocycles. The van der Waals surface area contributed by atoms with Crippen molar-refractivity contribution in [1.82, 2.24) is 10.2 Å². The summed E-state index contributed by atoms with van der Waals surface area (Å²) in [5.74, 6) is -0.219. The first-order valence-corrected chi connectivity index (χ1v) is 7.56. The Morgan fingerprint density at radius 2 is 2.30 bits per heavy atom. The van der Waals surface area contributed by atoms with Crippen LogP contribution in [0.25, 0.3) is 10.1 Å². The van der Waals surface area contributed by atoms with E-state index in [0.29, 0.717) is 0 Å². The van der Waals surface area contributed by atoms with Gasteiger partial charge in [0.2, 0.25) is 0 Å². The third kappa shape index (κ3) is 2.21. The summed E-state index contributed by atoms with van der Waals surface area (Å²) in [7, 11) is 1.85. The lowest BCUT2D eigenvalue weighted by molar-refractivity contribution is 0.0748. The lowest BCUT2D eigenvalue weighted by Crippen LogP contribution is -2.38. The van der Waals surface area contributed by atoms with E-state index in [2.05, 4.69) is 5.32 Å². The maximum Gasteiger partial charge on any atom is 0.264 e. The molecule has 0 radical (unpaired) electrons. The molecule has 2 heterocycles. The zero-order valence-electron chi connectivity index (χ0n) is 11.6. The number of nitrogens with zero attached hydrogens (tertiary/aromatic N) is 1. The van der Waals surface area contributed by atoms with Gasteiger partial charge in [0, 0.05) is 24.3 Å². The molecule has 2 aromatic rings. The molecule has 1 atom stereocenters. The van der Waals surface area contributed by atoms with Gasteiger partial charge in [-0.1, -0.05) is 0 Å². The van der Waals surface area contributed by atoms with Crippen LogP contribution in [0.1, 0.15) is 21.7 Å². The smallest absolute Gasteiger partial charge is 0.264 e. The molecule has 1 saturated heterocycles. The number of aryl methyl sites for hydroxylation is 1. The fraction of sp³-hybridized carbons (Fsp3) is 0.400. The first-order valence-electron chi connectivity index (χ1n) is 6.74. The van der Waals surface area contributed by atoms with E-state index in [1.165, 1.54) is 23.5 Å².